The Hall–Kier alpha value is -2.89. The van der Waals surface area contributed by atoms with Gasteiger partial charge in [-0.3, -0.25) is 9.78 Å². The first-order valence-corrected chi connectivity index (χ1v) is 8.60. The molecule has 6 heteroatoms. The second-order valence-corrected chi connectivity index (χ2v) is 6.76. The van der Waals surface area contributed by atoms with Crippen LogP contribution < -0.4 is 4.74 Å². The van der Waals surface area contributed by atoms with Crippen LogP contribution in [0.2, 0.25) is 0 Å². The molecule has 1 unspecified atom stereocenters. The molecule has 1 N–H and O–H groups in total. The first-order valence-electron chi connectivity index (χ1n) is 8.60. The van der Waals surface area contributed by atoms with Crippen LogP contribution in [-0.4, -0.2) is 39.0 Å². The molecule has 1 aromatic heterocycles. The van der Waals surface area contributed by atoms with Crippen LogP contribution >= 0.6 is 0 Å². The van der Waals surface area contributed by atoms with Crippen molar-refractivity contribution in [3.05, 3.63) is 59.4 Å². The Morgan fingerprint density at radius 2 is 2.12 bits per heavy atom. The molecule has 26 heavy (non-hydrogen) atoms. The van der Waals surface area contributed by atoms with E-state index < -0.39 is 11.5 Å². The summed E-state index contributed by atoms with van der Waals surface area (Å²) >= 11 is 0. The second-order valence-electron chi connectivity index (χ2n) is 6.76. The van der Waals surface area contributed by atoms with Crippen molar-refractivity contribution in [2.45, 2.75) is 38.8 Å². The molecule has 0 saturated carbocycles. The number of carbonyl (C=O) groups is 2. The van der Waals surface area contributed by atoms with E-state index in [0.29, 0.717) is 37.3 Å². The van der Waals surface area contributed by atoms with Crippen molar-refractivity contribution in [3.8, 4) is 5.75 Å². The maximum Gasteiger partial charge on any atom is 0.329 e. The number of aryl methyl sites for hydroxylation is 1. The van der Waals surface area contributed by atoms with Crippen LogP contribution in [0.15, 0.2) is 42.6 Å². The monoisotopic (exact) mass is 354 g/mol. The number of aromatic nitrogens is 1. The third-order valence-corrected chi connectivity index (χ3v) is 4.81. The van der Waals surface area contributed by atoms with Crippen LogP contribution in [0.4, 0.5) is 0 Å². The van der Waals surface area contributed by atoms with Crippen molar-refractivity contribution in [2.75, 3.05) is 6.54 Å². The minimum Gasteiger partial charge on any atom is -0.487 e. The summed E-state index contributed by atoms with van der Waals surface area (Å²) in [5.74, 6) is -0.564. The fraction of sp³-hybridized carbons (Fsp3) is 0.350. The van der Waals surface area contributed by atoms with Crippen molar-refractivity contribution < 1.29 is 19.4 Å². The maximum atomic E-state index is 12.8. The van der Waals surface area contributed by atoms with Crippen molar-refractivity contribution in [1.29, 1.82) is 0 Å². The Kier molecular flexibility index (Phi) is 4.93. The molecule has 1 aliphatic heterocycles. The molecule has 1 atom stereocenters. The van der Waals surface area contributed by atoms with Crippen molar-refractivity contribution >= 4 is 11.9 Å². The van der Waals surface area contributed by atoms with Crippen LogP contribution in [0.1, 0.15) is 41.4 Å². The summed E-state index contributed by atoms with van der Waals surface area (Å²) in [4.78, 5) is 30.1. The molecular weight excluding hydrogens is 332 g/mol. The lowest BCUT2D eigenvalue weighted by atomic mass is 9.98. The Morgan fingerprint density at radius 3 is 2.81 bits per heavy atom. The third-order valence-electron chi connectivity index (χ3n) is 4.81. The van der Waals surface area contributed by atoms with Gasteiger partial charge in [0.25, 0.3) is 5.91 Å². The predicted octanol–water partition coefficient (Wildman–Crippen LogP) is 3.05. The number of benzene rings is 1. The largest absolute Gasteiger partial charge is 0.487 e. The van der Waals surface area contributed by atoms with E-state index in [1.54, 1.807) is 31.3 Å². The lowest BCUT2D eigenvalue weighted by molar-refractivity contribution is -0.147. The van der Waals surface area contributed by atoms with E-state index in [1.165, 1.54) is 4.90 Å². The SMILES string of the molecule is Cc1ccc(OCc2cccc(C(=O)N3CCCC3(C)C(=O)O)c2)cn1. The second kappa shape index (κ2) is 7.15. The first-order chi connectivity index (χ1) is 12.4. The number of nitrogens with zero attached hydrogens (tertiary/aromatic N) is 2. The van der Waals surface area contributed by atoms with E-state index in [-0.39, 0.29) is 5.91 Å². The lowest BCUT2D eigenvalue weighted by Crippen LogP contribution is -2.50. The smallest absolute Gasteiger partial charge is 0.329 e. The summed E-state index contributed by atoms with van der Waals surface area (Å²) in [5.41, 5.74) is 1.09. The van der Waals surface area contributed by atoms with Gasteiger partial charge in [-0.05, 0) is 56.5 Å². The van der Waals surface area contributed by atoms with Gasteiger partial charge in [-0.1, -0.05) is 12.1 Å². The minimum absolute atomic E-state index is 0.258. The highest BCUT2D eigenvalue weighted by Gasteiger charge is 2.46. The number of rotatable bonds is 5. The zero-order valence-corrected chi connectivity index (χ0v) is 14.9. The van der Waals surface area contributed by atoms with Gasteiger partial charge < -0.3 is 14.7 Å². The number of hydrogen-bond donors (Lipinski definition) is 1. The molecule has 1 aliphatic rings. The molecule has 1 amide bonds. The quantitative estimate of drug-likeness (QED) is 0.893. The molecule has 1 saturated heterocycles. The Balaban J connectivity index is 1.73. The van der Waals surface area contributed by atoms with Gasteiger partial charge in [0, 0.05) is 17.8 Å². The summed E-state index contributed by atoms with van der Waals surface area (Å²) in [6.45, 7) is 4.28. The molecule has 0 bridgehead atoms. The maximum absolute atomic E-state index is 12.8. The molecule has 1 aromatic carbocycles. The van der Waals surface area contributed by atoms with Crippen LogP contribution in [0.3, 0.4) is 0 Å². The molecule has 2 aromatic rings. The number of carboxylic acid groups (broad SMARTS) is 1. The Morgan fingerprint density at radius 1 is 1.31 bits per heavy atom. The van der Waals surface area contributed by atoms with Gasteiger partial charge >= 0.3 is 5.97 Å². The van der Waals surface area contributed by atoms with Gasteiger partial charge in [-0.25, -0.2) is 4.79 Å². The number of carboxylic acids is 1. The fourth-order valence-electron chi connectivity index (χ4n) is 3.17. The average molecular weight is 354 g/mol. The summed E-state index contributed by atoms with van der Waals surface area (Å²) < 4.78 is 5.70. The zero-order valence-electron chi connectivity index (χ0n) is 14.9. The highest BCUT2D eigenvalue weighted by atomic mass is 16.5. The third kappa shape index (κ3) is 3.54. The van der Waals surface area contributed by atoms with Crippen molar-refractivity contribution in [3.63, 3.8) is 0 Å². The number of aliphatic carboxylic acids is 1. The van der Waals surface area contributed by atoms with Crippen LogP contribution in [-0.2, 0) is 11.4 Å². The van der Waals surface area contributed by atoms with Crippen molar-refractivity contribution in [1.82, 2.24) is 9.88 Å². The number of pyridine rings is 1. The number of likely N-dealkylation sites (tertiary alicyclic amines) is 1. The van der Waals surface area contributed by atoms with Gasteiger partial charge in [-0.15, -0.1) is 0 Å². The van der Waals surface area contributed by atoms with Crippen LogP contribution in [0.25, 0.3) is 0 Å². The van der Waals surface area contributed by atoms with E-state index in [9.17, 15) is 14.7 Å². The fourth-order valence-corrected chi connectivity index (χ4v) is 3.17. The number of ether oxygens (including phenoxy) is 1. The Labute approximate surface area is 152 Å². The molecule has 3 rings (SSSR count). The summed E-state index contributed by atoms with van der Waals surface area (Å²) in [6, 6.07) is 10.8. The zero-order chi connectivity index (χ0) is 18.7. The van der Waals surface area contributed by atoms with Gasteiger partial charge in [0.1, 0.15) is 17.9 Å². The average Bonchev–Trinajstić information content (AvgIpc) is 3.04. The van der Waals surface area contributed by atoms with Crippen LogP contribution in [0.5, 0.6) is 5.75 Å². The normalized spacial score (nSPS) is 19.4. The summed E-state index contributed by atoms with van der Waals surface area (Å²) in [5, 5.41) is 9.50. The molecule has 0 spiro atoms. The lowest BCUT2D eigenvalue weighted by Gasteiger charge is -2.31. The van der Waals surface area contributed by atoms with E-state index in [2.05, 4.69) is 4.98 Å². The van der Waals surface area contributed by atoms with Gasteiger partial charge in [0.2, 0.25) is 0 Å². The number of carbonyl (C=O) groups excluding carboxylic acids is 1. The van der Waals surface area contributed by atoms with Crippen molar-refractivity contribution in [2.24, 2.45) is 0 Å². The Bertz CT molecular complexity index is 819. The molecule has 6 nitrogen and oxygen atoms in total. The predicted molar refractivity (Wildman–Crippen MR) is 96.1 cm³/mol. The molecular formula is C20H22N2O4. The molecule has 136 valence electrons. The van der Waals surface area contributed by atoms with E-state index >= 15 is 0 Å². The summed E-state index contributed by atoms with van der Waals surface area (Å²) in [7, 11) is 0. The molecule has 1 fully saturated rings. The number of amides is 1. The van der Waals surface area contributed by atoms with E-state index in [4.69, 9.17) is 4.74 Å². The minimum atomic E-state index is -1.14. The van der Waals surface area contributed by atoms with Crippen LogP contribution in [0, 0.1) is 6.92 Å². The summed E-state index contributed by atoms with van der Waals surface area (Å²) in [6.07, 6.45) is 2.82. The molecule has 2 heterocycles. The van der Waals surface area contributed by atoms with E-state index in [0.717, 1.165) is 11.3 Å². The van der Waals surface area contributed by atoms with Gasteiger partial charge in [-0.2, -0.15) is 0 Å². The van der Waals surface area contributed by atoms with Gasteiger partial charge in [0.05, 0.1) is 6.20 Å². The molecule has 0 radical (unpaired) electrons. The highest BCUT2D eigenvalue weighted by molar-refractivity contribution is 5.98. The van der Waals surface area contributed by atoms with E-state index in [1.807, 2.05) is 25.1 Å². The topological polar surface area (TPSA) is 79.7 Å². The highest BCUT2D eigenvalue weighted by Crippen LogP contribution is 2.31. The first kappa shape index (κ1) is 17.9. The van der Waals surface area contributed by atoms with Gasteiger partial charge in [0.15, 0.2) is 0 Å². The standard InChI is InChI=1S/C20H22N2O4/c1-14-7-8-17(12-21-14)26-13-15-5-3-6-16(11-15)18(23)22-10-4-9-20(22,2)19(24)25/h3,5-8,11-12H,4,9-10,13H2,1-2H3,(H,24,25). The number of hydrogen-bond acceptors (Lipinski definition) is 4. The molecule has 0 aliphatic carbocycles.